The van der Waals surface area contributed by atoms with Crippen LogP contribution < -0.4 is 14.8 Å². The van der Waals surface area contributed by atoms with Crippen molar-refractivity contribution in [3.8, 4) is 28.7 Å². The van der Waals surface area contributed by atoms with E-state index in [1.54, 1.807) is 66.7 Å². The van der Waals surface area contributed by atoms with Gasteiger partial charge in [-0.1, -0.05) is 0 Å². The molecule has 1 aliphatic rings. The fourth-order valence-electron chi connectivity index (χ4n) is 3.71. The molecule has 37 heavy (non-hydrogen) atoms. The molecule has 2 amide bonds. The number of ether oxygens (including phenoxy) is 2. The van der Waals surface area contributed by atoms with E-state index in [1.807, 2.05) is 0 Å². The lowest BCUT2D eigenvalue weighted by atomic mass is 10.1. The Bertz CT molecular complexity index is 1430. The number of likely N-dealkylation sites (N-methyl/N-ethyl adjacent to an activating group) is 1. The number of anilines is 1. The number of rotatable bonds is 8. The molecule has 2 aromatic heterocycles. The van der Waals surface area contributed by atoms with Crippen LogP contribution in [0.1, 0.15) is 28.4 Å². The number of aromatic nitrogens is 3. The second-order valence-corrected chi connectivity index (χ2v) is 9.22. The second kappa shape index (κ2) is 10.4. The van der Waals surface area contributed by atoms with E-state index in [4.69, 9.17) is 13.9 Å². The van der Waals surface area contributed by atoms with Crippen LogP contribution in [0.5, 0.6) is 17.2 Å². The molecule has 190 valence electrons. The Kier molecular flexibility index (Phi) is 6.84. The maximum Gasteiger partial charge on any atom is 0.263 e. The zero-order valence-corrected chi connectivity index (χ0v) is 20.8. The van der Waals surface area contributed by atoms with E-state index in [1.165, 1.54) is 11.3 Å². The van der Waals surface area contributed by atoms with Crippen molar-refractivity contribution < 1.29 is 28.6 Å². The van der Waals surface area contributed by atoms with Crippen LogP contribution in [0.15, 0.2) is 52.3 Å². The first-order valence-corrected chi connectivity index (χ1v) is 12.3. The van der Waals surface area contributed by atoms with Crippen LogP contribution in [0.3, 0.4) is 0 Å². The predicted molar refractivity (Wildman–Crippen MR) is 134 cm³/mol. The van der Waals surface area contributed by atoms with Gasteiger partial charge in [-0.05, 0) is 36.4 Å². The number of carbonyl (C=O) groups excluding carboxylic acids is 2. The van der Waals surface area contributed by atoms with E-state index in [9.17, 15) is 14.7 Å². The predicted octanol–water partition coefficient (Wildman–Crippen LogP) is 3.65. The van der Waals surface area contributed by atoms with E-state index in [0.717, 1.165) is 5.56 Å². The number of hydrogen-bond acceptors (Lipinski definition) is 10. The summed E-state index contributed by atoms with van der Waals surface area (Å²) >= 11 is 1.20. The van der Waals surface area contributed by atoms with Gasteiger partial charge in [-0.15, -0.1) is 21.5 Å². The first-order chi connectivity index (χ1) is 17.9. The number of nitrogens with zero attached hydrogens (tertiary/aromatic N) is 4. The molecule has 5 rings (SSSR count). The monoisotopic (exact) mass is 521 g/mol. The van der Waals surface area contributed by atoms with Gasteiger partial charge < -0.3 is 23.9 Å². The maximum absolute atomic E-state index is 13.0. The summed E-state index contributed by atoms with van der Waals surface area (Å²) in [5.41, 5.74) is 1.45. The minimum absolute atomic E-state index is 0.122. The SMILES string of the molecule is Cc1nnc(-c2ccc(Oc3cc(OC4CCN(C)C4=O)cc(C(=O)Nc4nc(CO)cs4)c3)cc2)o1. The van der Waals surface area contributed by atoms with Crippen molar-refractivity contribution in [3.63, 3.8) is 0 Å². The molecule has 0 saturated carbocycles. The van der Waals surface area contributed by atoms with Gasteiger partial charge >= 0.3 is 0 Å². The Morgan fingerprint density at radius 2 is 1.97 bits per heavy atom. The van der Waals surface area contributed by atoms with Crippen LogP contribution in [-0.4, -0.2) is 56.7 Å². The van der Waals surface area contributed by atoms with Crippen LogP contribution in [0.25, 0.3) is 11.5 Å². The van der Waals surface area contributed by atoms with Crippen molar-refractivity contribution in [2.75, 3.05) is 18.9 Å². The molecule has 2 N–H and O–H groups in total. The summed E-state index contributed by atoms with van der Waals surface area (Å²) in [7, 11) is 1.72. The number of aliphatic hydroxyl groups excluding tert-OH is 1. The van der Waals surface area contributed by atoms with Gasteiger partial charge in [0.2, 0.25) is 11.8 Å². The molecule has 0 radical (unpaired) electrons. The van der Waals surface area contributed by atoms with E-state index in [2.05, 4.69) is 20.5 Å². The standard InChI is InChI=1S/C25H23N5O6S/c1-14-28-29-23(34-14)15-3-5-18(6-4-15)35-19-9-16(22(32)27-25-26-17(12-31)13-37-25)10-20(11-19)36-21-7-8-30(2)24(21)33/h3-6,9-11,13,21,31H,7-8,12H2,1-2H3,(H,26,27,32). The van der Waals surface area contributed by atoms with E-state index >= 15 is 0 Å². The molecule has 1 atom stereocenters. The summed E-state index contributed by atoms with van der Waals surface area (Å²) in [5, 5.41) is 21.8. The number of thiazole rings is 1. The minimum atomic E-state index is -0.639. The van der Waals surface area contributed by atoms with Crippen molar-refractivity contribution in [2.45, 2.75) is 26.1 Å². The van der Waals surface area contributed by atoms with Crippen molar-refractivity contribution in [1.82, 2.24) is 20.1 Å². The lowest BCUT2D eigenvalue weighted by Gasteiger charge is -2.15. The molecule has 1 fully saturated rings. The van der Waals surface area contributed by atoms with Crippen LogP contribution in [-0.2, 0) is 11.4 Å². The smallest absolute Gasteiger partial charge is 0.263 e. The summed E-state index contributed by atoms with van der Waals surface area (Å²) in [5.74, 6) is 1.48. The van der Waals surface area contributed by atoms with E-state index in [-0.39, 0.29) is 18.1 Å². The number of likely N-dealkylation sites (tertiary alicyclic amines) is 1. The summed E-state index contributed by atoms with van der Waals surface area (Å²) in [6.07, 6.45) is -0.0962. The van der Waals surface area contributed by atoms with Gasteiger partial charge in [-0.2, -0.15) is 0 Å². The third kappa shape index (κ3) is 5.60. The van der Waals surface area contributed by atoms with Crippen molar-refractivity contribution in [2.24, 2.45) is 0 Å². The third-order valence-corrected chi connectivity index (χ3v) is 6.40. The Hall–Kier alpha value is -4.29. The highest BCUT2D eigenvalue weighted by atomic mass is 32.1. The molecule has 0 spiro atoms. The number of amides is 2. The highest BCUT2D eigenvalue weighted by Gasteiger charge is 2.31. The zero-order valence-electron chi connectivity index (χ0n) is 20.0. The van der Waals surface area contributed by atoms with Gasteiger partial charge in [-0.25, -0.2) is 4.98 Å². The largest absolute Gasteiger partial charge is 0.480 e. The number of aliphatic hydroxyl groups is 1. The van der Waals surface area contributed by atoms with Crippen LogP contribution in [0.2, 0.25) is 0 Å². The molecule has 0 aliphatic carbocycles. The average molecular weight is 522 g/mol. The fraction of sp³-hybridized carbons (Fsp3) is 0.240. The highest BCUT2D eigenvalue weighted by Crippen LogP contribution is 2.31. The quantitative estimate of drug-likeness (QED) is 0.355. The Morgan fingerprint density at radius 1 is 1.19 bits per heavy atom. The van der Waals surface area contributed by atoms with Crippen LogP contribution in [0.4, 0.5) is 5.13 Å². The topological polar surface area (TPSA) is 140 Å². The molecule has 0 bridgehead atoms. The summed E-state index contributed by atoms with van der Waals surface area (Å²) in [4.78, 5) is 31.1. The number of benzene rings is 2. The maximum atomic E-state index is 13.0. The van der Waals surface area contributed by atoms with Gasteiger partial charge in [0.25, 0.3) is 11.8 Å². The van der Waals surface area contributed by atoms with E-state index < -0.39 is 12.0 Å². The molecular formula is C25H23N5O6S. The average Bonchev–Trinajstić information content (AvgIpc) is 3.61. The van der Waals surface area contributed by atoms with E-state index in [0.29, 0.717) is 52.8 Å². The number of carbonyl (C=O) groups is 2. The molecule has 11 nitrogen and oxygen atoms in total. The molecule has 1 saturated heterocycles. The first kappa shape index (κ1) is 24.4. The zero-order chi connectivity index (χ0) is 25.9. The van der Waals surface area contributed by atoms with Crippen molar-refractivity contribution in [3.05, 3.63) is 65.0 Å². The highest BCUT2D eigenvalue weighted by molar-refractivity contribution is 7.13. The minimum Gasteiger partial charge on any atom is -0.480 e. The molecule has 2 aromatic carbocycles. The lowest BCUT2D eigenvalue weighted by molar-refractivity contribution is -0.132. The summed E-state index contributed by atoms with van der Waals surface area (Å²) in [6.45, 7) is 2.09. The Balaban J connectivity index is 1.39. The van der Waals surface area contributed by atoms with Crippen molar-refractivity contribution in [1.29, 1.82) is 0 Å². The van der Waals surface area contributed by atoms with Gasteiger partial charge in [-0.3, -0.25) is 14.9 Å². The fourth-order valence-corrected chi connectivity index (χ4v) is 4.41. The molecule has 4 aromatic rings. The van der Waals surface area contributed by atoms with Gasteiger partial charge in [0.05, 0.1) is 12.3 Å². The summed E-state index contributed by atoms with van der Waals surface area (Å²) in [6, 6.07) is 11.8. The summed E-state index contributed by atoms with van der Waals surface area (Å²) < 4.78 is 17.4. The molecular weight excluding hydrogens is 498 g/mol. The number of hydrogen-bond donors (Lipinski definition) is 2. The first-order valence-electron chi connectivity index (χ1n) is 11.4. The van der Waals surface area contributed by atoms with Gasteiger partial charge in [0, 0.05) is 49.5 Å². The molecule has 1 aliphatic heterocycles. The lowest BCUT2D eigenvalue weighted by Crippen LogP contribution is -2.29. The number of nitrogens with one attached hydrogen (secondary N) is 1. The molecule has 3 heterocycles. The third-order valence-electron chi connectivity index (χ3n) is 5.60. The number of aryl methyl sites for hydroxylation is 1. The van der Waals surface area contributed by atoms with Gasteiger partial charge in [0.15, 0.2) is 11.2 Å². The van der Waals surface area contributed by atoms with Crippen molar-refractivity contribution >= 4 is 28.3 Å². The molecule has 12 heteroatoms. The second-order valence-electron chi connectivity index (χ2n) is 8.36. The van der Waals surface area contributed by atoms with Crippen LogP contribution in [0, 0.1) is 6.92 Å². The van der Waals surface area contributed by atoms with Gasteiger partial charge in [0.1, 0.15) is 17.2 Å². The normalized spacial score (nSPS) is 15.2. The Labute approximate surface area is 215 Å². The Morgan fingerprint density at radius 3 is 2.62 bits per heavy atom. The molecule has 1 unspecified atom stereocenters. The van der Waals surface area contributed by atoms with Crippen LogP contribution >= 0.6 is 11.3 Å².